The summed E-state index contributed by atoms with van der Waals surface area (Å²) in [5.41, 5.74) is 0. The third kappa shape index (κ3) is 8.08. The highest BCUT2D eigenvalue weighted by atomic mass is 16.5. The lowest BCUT2D eigenvalue weighted by Gasteiger charge is -2.11. The molecule has 16 heavy (non-hydrogen) atoms. The van der Waals surface area contributed by atoms with E-state index in [4.69, 9.17) is 4.74 Å². The van der Waals surface area contributed by atoms with Crippen LogP contribution in [0.3, 0.4) is 0 Å². The first-order valence-electron chi connectivity index (χ1n) is 5.65. The summed E-state index contributed by atoms with van der Waals surface area (Å²) in [5, 5.41) is 5.05. The largest absolute Gasteiger partial charge is 0.464 e. The molecule has 0 rings (SSSR count). The van der Waals surface area contributed by atoms with Crippen molar-refractivity contribution in [1.29, 1.82) is 0 Å². The van der Waals surface area contributed by atoms with Crippen LogP contribution in [0.15, 0.2) is 0 Å². The van der Waals surface area contributed by atoms with Gasteiger partial charge < -0.3 is 15.4 Å². The summed E-state index contributed by atoms with van der Waals surface area (Å²) in [6, 6.07) is -0.299. The van der Waals surface area contributed by atoms with Crippen molar-refractivity contribution >= 4 is 12.0 Å². The lowest BCUT2D eigenvalue weighted by molar-refractivity contribution is -0.143. The highest BCUT2D eigenvalue weighted by Crippen LogP contribution is 2.00. The molecule has 0 heterocycles. The number of rotatable bonds is 6. The second-order valence-corrected chi connectivity index (χ2v) is 4.18. The van der Waals surface area contributed by atoms with E-state index in [9.17, 15) is 9.59 Å². The Bertz CT molecular complexity index is 229. The number of carbonyl (C=O) groups is 2. The van der Waals surface area contributed by atoms with Crippen molar-refractivity contribution in [1.82, 2.24) is 10.6 Å². The zero-order valence-electron chi connectivity index (χ0n) is 10.5. The molecule has 0 aromatic heterocycles. The molecule has 94 valence electrons. The topological polar surface area (TPSA) is 67.4 Å². The minimum atomic E-state index is -0.404. The molecule has 1 atom stereocenters. The van der Waals surface area contributed by atoms with E-state index in [1.165, 1.54) is 0 Å². The summed E-state index contributed by atoms with van der Waals surface area (Å²) in [6.07, 6.45) is 0.967. The summed E-state index contributed by atoms with van der Waals surface area (Å²) in [7, 11) is 0. The molecular weight excluding hydrogens is 208 g/mol. The summed E-state index contributed by atoms with van der Waals surface area (Å²) in [6.45, 7) is 8.05. The maximum Gasteiger partial charge on any atom is 0.325 e. The molecule has 0 fully saturated rings. The fraction of sp³-hybridized carbons (Fsp3) is 0.818. The van der Waals surface area contributed by atoms with E-state index in [-0.39, 0.29) is 18.6 Å². The standard InChI is InChI=1S/C11H22N2O3/c1-5-9(4)7-16-10(14)6-12-11(15)13-8(2)3/h8-9H,5-7H2,1-4H3,(H2,12,13,15). The lowest BCUT2D eigenvalue weighted by Crippen LogP contribution is -2.42. The Morgan fingerprint density at radius 1 is 1.25 bits per heavy atom. The molecule has 0 aliphatic rings. The highest BCUT2D eigenvalue weighted by molar-refractivity contribution is 5.80. The second-order valence-electron chi connectivity index (χ2n) is 4.18. The number of amides is 2. The Balaban J connectivity index is 3.61. The van der Waals surface area contributed by atoms with Crippen LogP contribution >= 0.6 is 0 Å². The van der Waals surface area contributed by atoms with Crippen molar-refractivity contribution in [3.05, 3.63) is 0 Å². The maximum atomic E-state index is 11.2. The number of urea groups is 1. The first kappa shape index (κ1) is 14.7. The number of hydrogen-bond acceptors (Lipinski definition) is 3. The van der Waals surface area contributed by atoms with Crippen molar-refractivity contribution in [2.75, 3.05) is 13.2 Å². The lowest BCUT2D eigenvalue weighted by atomic mass is 10.1. The smallest absolute Gasteiger partial charge is 0.325 e. The highest BCUT2D eigenvalue weighted by Gasteiger charge is 2.08. The van der Waals surface area contributed by atoms with E-state index in [2.05, 4.69) is 10.6 Å². The van der Waals surface area contributed by atoms with Crippen LogP contribution in [0.1, 0.15) is 34.1 Å². The van der Waals surface area contributed by atoms with Gasteiger partial charge in [-0.3, -0.25) is 4.79 Å². The van der Waals surface area contributed by atoms with E-state index in [1.54, 1.807) is 0 Å². The Morgan fingerprint density at radius 2 is 1.88 bits per heavy atom. The van der Waals surface area contributed by atoms with Gasteiger partial charge in [-0.05, 0) is 19.8 Å². The minimum absolute atomic E-state index is 0.0520. The number of esters is 1. The van der Waals surface area contributed by atoms with Gasteiger partial charge in [-0.15, -0.1) is 0 Å². The van der Waals surface area contributed by atoms with Crippen LogP contribution in [-0.4, -0.2) is 31.2 Å². The van der Waals surface area contributed by atoms with Gasteiger partial charge in [0.1, 0.15) is 6.54 Å². The van der Waals surface area contributed by atoms with E-state index in [0.29, 0.717) is 12.5 Å². The zero-order chi connectivity index (χ0) is 12.6. The fourth-order valence-electron chi connectivity index (χ4n) is 0.870. The van der Waals surface area contributed by atoms with Gasteiger partial charge in [0.25, 0.3) is 0 Å². The molecule has 0 aromatic carbocycles. The van der Waals surface area contributed by atoms with Crippen molar-refractivity contribution in [3.63, 3.8) is 0 Å². The van der Waals surface area contributed by atoms with Crippen LogP contribution in [0.2, 0.25) is 0 Å². The van der Waals surface area contributed by atoms with Crippen LogP contribution in [0.5, 0.6) is 0 Å². The molecule has 0 bridgehead atoms. The third-order valence-corrected chi connectivity index (χ3v) is 2.04. The molecule has 0 radical (unpaired) electrons. The first-order chi connectivity index (χ1) is 7.45. The normalized spacial score (nSPS) is 12.1. The van der Waals surface area contributed by atoms with Crippen LogP contribution in [0.4, 0.5) is 4.79 Å². The Hall–Kier alpha value is -1.26. The quantitative estimate of drug-likeness (QED) is 0.675. The third-order valence-electron chi connectivity index (χ3n) is 2.04. The molecular formula is C11H22N2O3. The molecule has 0 aliphatic carbocycles. The molecule has 0 saturated carbocycles. The predicted octanol–water partition coefficient (Wildman–Crippen LogP) is 1.28. The van der Waals surface area contributed by atoms with Crippen LogP contribution in [-0.2, 0) is 9.53 Å². The van der Waals surface area contributed by atoms with E-state index < -0.39 is 5.97 Å². The first-order valence-corrected chi connectivity index (χ1v) is 5.65. The van der Waals surface area contributed by atoms with Gasteiger partial charge in [0.05, 0.1) is 6.61 Å². The summed E-state index contributed by atoms with van der Waals surface area (Å²) in [5.74, 6) is -0.0485. The van der Waals surface area contributed by atoms with Gasteiger partial charge >= 0.3 is 12.0 Å². The molecule has 0 spiro atoms. The number of carbonyl (C=O) groups excluding carboxylic acids is 2. The van der Waals surface area contributed by atoms with Crippen molar-refractivity contribution in [2.45, 2.75) is 40.2 Å². The minimum Gasteiger partial charge on any atom is -0.464 e. The predicted molar refractivity (Wildman–Crippen MR) is 62.1 cm³/mol. The average Bonchev–Trinajstić information content (AvgIpc) is 2.22. The summed E-state index contributed by atoms with van der Waals surface area (Å²) < 4.78 is 4.97. The van der Waals surface area contributed by atoms with Gasteiger partial charge in [0.15, 0.2) is 0 Å². The van der Waals surface area contributed by atoms with Crippen LogP contribution in [0.25, 0.3) is 0 Å². The van der Waals surface area contributed by atoms with E-state index in [1.807, 2.05) is 27.7 Å². The number of hydrogen-bond donors (Lipinski definition) is 2. The molecule has 5 heteroatoms. The van der Waals surface area contributed by atoms with Crippen molar-refractivity contribution < 1.29 is 14.3 Å². The summed E-state index contributed by atoms with van der Waals surface area (Å²) >= 11 is 0. The van der Waals surface area contributed by atoms with Gasteiger partial charge in [-0.25, -0.2) is 4.79 Å². The van der Waals surface area contributed by atoms with E-state index in [0.717, 1.165) is 6.42 Å². The molecule has 2 amide bonds. The fourth-order valence-corrected chi connectivity index (χ4v) is 0.870. The average molecular weight is 230 g/mol. The van der Waals surface area contributed by atoms with Gasteiger partial charge in [-0.1, -0.05) is 20.3 Å². The number of ether oxygens (including phenoxy) is 1. The Kier molecular flexibility index (Phi) is 7.33. The van der Waals surface area contributed by atoms with Gasteiger partial charge in [-0.2, -0.15) is 0 Å². The van der Waals surface area contributed by atoms with Gasteiger partial charge in [0, 0.05) is 6.04 Å². The Labute approximate surface area is 96.9 Å². The van der Waals surface area contributed by atoms with Crippen molar-refractivity contribution in [2.24, 2.45) is 5.92 Å². The molecule has 2 N–H and O–H groups in total. The Morgan fingerprint density at radius 3 is 2.38 bits per heavy atom. The van der Waals surface area contributed by atoms with Gasteiger partial charge in [0.2, 0.25) is 0 Å². The SMILES string of the molecule is CCC(C)COC(=O)CNC(=O)NC(C)C. The van der Waals surface area contributed by atoms with Crippen LogP contribution in [0, 0.1) is 5.92 Å². The van der Waals surface area contributed by atoms with Crippen LogP contribution < -0.4 is 10.6 Å². The molecule has 0 aliphatic heterocycles. The molecule has 5 nitrogen and oxygen atoms in total. The molecule has 1 unspecified atom stereocenters. The summed E-state index contributed by atoms with van der Waals surface area (Å²) in [4.78, 5) is 22.3. The maximum absolute atomic E-state index is 11.2. The number of nitrogens with one attached hydrogen (secondary N) is 2. The zero-order valence-corrected chi connectivity index (χ0v) is 10.5. The second kappa shape index (κ2) is 7.96. The molecule has 0 saturated heterocycles. The molecule has 0 aromatic rings. The van der Waals surface area contributed by atoms with Crippen molar-refractivity contribution in [3.8, 4) is 0 Å². The van der Waals surface area contributed by atoms with E-state index >= 15 is 0 Å². The monoisotopic (exact) mass is 230 g/mol.